The van der Waals surface area contributed by atoms with Crippen molar-refractivity contribution in [3.8, 4) is 5.75 Å². The van der Waals surface area contributed by atoms with Crippen LogP contribution in [0.25, 0.3) is 0 Å². The second-order valence-electron chi connectivity index (χ2n) is 6.10. The van der Waals surface area contributed by atoms with E-state index in [1.54, 1.807) is 0 Å². The first kappa shape index (κ1) is 19.5. The maximum atomic E-state index is 12.0. The zero-order valence-electron chi connectivity index (χ0n) is 15.0. The van der Waals surface area contributed by atoms with Crippen LogP contribution in [0.2, 0.25) is 0 Å². The zero-order valence-corrected chi connectivity index (χ0v) is 15.0. The molecular weight excluding hydrogens is 330 g/mol. The third kappa shape index (κ3) is 6.59. The molecule has 26 heavy (non-hydrogen) atoms. The van der Waals surface area contributed by atoms with Gasteiger partial charge in [-0.3, -0.25) is 4.79 Å². The van der Waals surface area contributed by atoms with Gasteiger partial charge in [-0.15, -0.1) is 0 Å². The van der Waals surface area contributed by atoms with Gasteiger partial charge in [0.15, 0.2) is 0 Å². The molecule has 2 aromatic carbocycles. The fourth-order valence-corrected chi connectivity index (χ4v) is 2.56. The van der Waals surface area contributed by atoms with Gasteiger partial charge in [-0.1, -0.05) is 49.4 Å². The van der Waals surface area contributed by atoms with E-state index in [0.29, 0.717) is 13.0 Å². The summed E-state index contributed by atoms with van der Waals surface area (Å²) in [6, 6.07) is 16.2. The van der Waals surface area contributed by atoms with E-state index >= 15 is 0 Å². The Hall–Kier alpha value is -2.82. The maximum Gasteiger partial charge on any atom is 0.326 e. The van der Waals surface area contributed by atoms with Crippen molar-refractivity contribution in [2.24, 2.45) is 0 Å². The minimum absolute atomic E-state index is 0.228. The molecule has 0 spiro atoms. The van der Waals surface area contributed by atoms with Gasteiger partial charge in [0.1, 0.15) is 11.8 Å². The van der Waals surface area contributed by atoms with Crippen LogP contribution >= 0.6 is 0 Å². The fourth-order valence-electron chi connectivity index (χ4n) is 2.56. The number of carbonyl (C=O) groups excluding carboxylic acids is 1. The van der Waals surface area contributed by atoms with Crippen molar-refractivity contribution in [1.82, 2.24) is 5.32 Å². The Bertz CT molecular complexity index is 698. The number of benzene rings is 2. The van der Waals surface area contributed by atoms with Gasteiger partial charge < -0.3 is 15.2 Å². The van der Waals surface area contributed by atoms with Gasteiger partial charge in [-0.2, -0.15) is 0 Å². The van der Waals surface area contributed by atoms with Crippen molar-refractivity contribution in [2.45, 2.75) is 38.6 Å². The van der Waals surface area contributed by atoms with Crippen LogP contribution in [-0.2, 0) is 22.4 Å². The molecule has 138 valence electrons. The molecule has 0 fully saturated rings. The lowest BCUT2D eigenvalue weighted by Crippen LogP contribution is -2.42. The van der Waals surface area contributed by atoms with Crippen LogP contribution in [0.5, 0.6) is 5.75 Å². The fraction of sp³-hybridized carbons (Fsp3) is 0.333. The predicted octanol–water partition coefficient (Wildman–Crippen LogP) is 3.22. The number of carbonyl (C=O) groups is 2. The van der Waals surface area contributed by atoms with Gasteiger partial charge in [-0.05, 0) is 36.1 Å². The van der Waals surface area contributed by atoms with Crippen molar-refractivity contribution in [3.05, 3.63) is 65.7 Å². The van der Waals surface area contributed by atoms with Crippen LogP contribution in [-0.4, -0.2) is 29.6 Å². The molecule has 2 rings (SSSR count). The second kappa shape index (κ2) is 10.2. The van der Waals surface area contributed by atoms with E-state index in [9.17, 15) is 14.7 Å². The molecule has 0 radical (unpaired) electrons. The Kier molecular flexibility index (Phi) is 7.68. The summed E-state index contributed by atoms with van der Waals surface area (Å²) in [6.07, 6.45) is 2.00. The molecule has 0 aliphatic heterocycles. The van der Waals surface area contributed by atoms with Crippen LogP contribution in [0, 0.1) is 0 Å². The maximum absolute atomic E-state index is 12.0. The molecule has 5 nitrogen and oxygen atoms in total. The third-order valence-corrected chi connectivity index (χ3v) is 4.06. The molecule has 0 bridgehead atoms. The molecule has 1 atom stereocenters. The highest BCUT2D eigenvalue weighted by atomic mass is 16.5. The third-order valence-electron chi connectivity index (χ3n) is 4.06. The van der Waals surface area contributed by atoms with Crippen LogP contribution in [0.4, 0.5) is 0 Å². The lowest BCUT2D eigenvalue weighted by Gasteiger charge is -2.15. The second-order valence-corrected chi connectivity index (χ2v) is 6.10. The molecule has 1 unspecified atom stereocenters. The van der Waals surface area contributed by atoms with Gasteiger partial charge in [-0.25, -0.2) is 4.79 Å². The minimum Gasteiger partial charge on any atom is -0.494 e. The molecule has 0 aliphatic rings. The normalized spacial score (nSPS) is 11.6. The molecule has 0 heterocycles. The van der Waals surface area contributed by atoms with E-state index in [4.69, 9.17) is 4.74 Å². The average Bonchev–Trinajstić information content (AvgIpc) is 2.66. The van der Waals surface area contributed by atoms with E-state index in [-0.39, 0.29) is 18.7 Å². The van der Waals surface area contributed by atoms with Crippen molar-refractivity contribution in [1.29, 1.82) is 0 Å². The highest BCUT2D eigenvalue weighted by Crippen LogP contribution is 2.13. The molecule has 0 aliphatic carbocycles. The summed E-state index contributed by atoms with van der Waals surface area (Å²) in [5, 5.41) is 11.9. The lowest BCUT2D eigenvalue weighted by atomic mass is 10.1. The van der Waals surface area contributed by atoms with Crippen molar-refractivity contribution >= 4 is 11.9 Å². The number of aryl methyl sites for hydroxylation is 1. The Labute approximate surface area is 154 Å². The number of hydrogen-bond acceptors (Lipinski definition) is 3. The minimum atomic E-state index is -1.03. The summed E-state index contributed by atoms with van der Waals surface area (Å²) in [5.41, 5.74) is 2.12. The lowest BCUT2D eigenvalue weighted by molar-refractivity contribution is -0.141. The highest BCUT2D eigenvalue weighted by molar-refractivity contribution is 5.83. The number of carboxylic acid groups (broad SMARTS) is 1. The SMILES string of the molecule is CCc1ccc(OCCCC(=O)NC(Cc2ccccc2)C(=O)O)cc1. The monoisotopic (exact) mass is 355 g/mol. The van der Waals surface area contributed by atoms with Crippen LogP contribution < -0.4 is 10.1 Å². The molecule has 0 saturated heterocycles. The first-order valence-electron chi connectivity index (χ1n) is 8.86. The van der Waals surface area contributed by atoms with E-state index in [1.165, 1.54) is 5.56 Å². The molecule has 2 N–H and O–H groups in total. The number of hydrogen-bond donors (Lipinski definition) is 2. The van der Waals surface area contributed by atoms with Gasteiger partial charge in [0, 0.05) is 12.8 Å². The predicted molar refractivity (Wildman–Crippen MR) is 100 cm³/mol. The zero-order chi connectivity index (χ0) is 18.8. The molecule has 2 aromatic rings. The molecule has 0 aromatic heterocycles. The highest BCUT2D eigenvalue weighted by Gasteiger charge is 2.20. The van der Waals surface area contributed by atoms with E-state index in [0.717, 1.165) is 17.7 Å². The van der Waals surface area contributed by atoms with Crippen molar-refractivity contribution < 1.29 is 19.4 Å². The standard InChI is InChI=1S/C21H25NO4/c1-2-16-10-12-18(13-11-16)26-14-6-9-20(23)22-19(21(24)25)15-17-7-4-3-5-8-17/h3-5,7-8,10-13,19H,2,6,9,14-15H2,1H3,(H,22,23)(H,24,25). The summed E-state index contributed by atoms with van der Waals surface area (Å²) in [5.74, 6) is -0.539. The average molecular weight is 355 g/mol. The first-order chi connectivity index (χ1) is 12.6. The number of ether oxygens (including phenoxy) is 1. The molecular formula is C21H25NO4. The Morgan fingerprint density at radius 2 is 1.73 bits per heavy atom. The van der Waals surface area contributed by atoms with Crippen molar-refractivity contribution in [3.63, 3.8) is 0 Å². The summed E-state index contributed by atoms with van der Waals surface area (Å²) in [6.45, 7) is 2.51. The Morgan fingerprint density at radius 3 is 2.35 bits per heavy atom. The van der Waals surface area contributed by atoms with Crippen LogP contribution in [0.1, 0.15) is 30.9 Å². The summed E-state index contributed by atoms with van der Waals surface area (Å²) in [7, 11) is 0. The number of rotatable bonds is 10. The quantitative estimate of drug-likeness (QED) is 0.642. The Morgan fingerprint density at radius 1 is 1.04 bits per heavy atom. The van der Waals surface area contributed by atoms with Gasteiger partial charge in [0.2, 0.25) is 5.91 Å². The largest absolute Gasteiger partial charge is 0.494 e. The van der Waals surface area contributed by atoms with Crippen LogP contribution in [0.15, 0.2) is 54.6 Å². The number of nitrogens with one attached hydrogen (secondary N) is 1. The molecule has 0 saturated carbocycles. The smallest absolute Gasteiger partial charge is 0.326 e. The van der Waals surface area contributed by atoms with Crippen molar-refractivity contribution in [2.75, 3.05) is 6.61 Å². The van der Waals surface area contributed by atoms with E-state index in [2.05, 4.69) is 12.2 Å². The van der Waals surface area contributed by atoms with Crippen LogP contribution in [0.3, 0.4) is 0 Å². The topological polar surface area (TPSA) is 75.6 Å². The Balaban J connectivity index is 1.72. The van der Waals surface area contributed by atoms with E-state index in [1.807, 2.05) is 54.6 Å². The van der Waals surface area contributed by atoms with Gasteiger partial charge in [0.25, 0.3) is 0 Å². The number of amides is 1. The first-order valence-corrected chi connectivity index (χ1v) is 8.86. The number of aliphatic carboxylic acids is 1. The molecule has 5 heteroatoms. The number of carboxylic acids is 1. The van der Waals surface area contributed by atoms with E-state index < -0.39 is 12.0 Å². The summed E-state index contributed by atoms with van der Waals surface area (Å²) in [4.78, 5) is 23.4. The van der Waals surface area contributed by atoms with Gasteiger partial charge >= 0.3 is 5.97 Å². The van der Waals surface area contributed by atoms with Gasteiger partial charge in [0.05, 0.1) is 6.61 Å². The molecule has 1 amide bonds. The summed E-state index contributed by atoms with van der Waals surface area (Å²) >= 11 is 0. The summed E-state index contributed by atoms with van der Waals surface area (Å²) < 4.78 is 5.61.